The van der Waals surface area contributed by atoms with Crippen LogP contribution in [-0.2, 0) is 19.1 Å². The highest BCUT2D eigenvalue weighted by atomic mass is 79.9. The third-order valence-electron chi connectivity index (χ3n) is 2.47. The minimum absolute atomic E-state index is 0.154. The third kappa shape index (κ3) is 4.48. The van der Waals surface area contributed by atoms with Gasteiger partial charge in [0.25, 0.3) is 5.69 Å². The van der Waals surface area contributed by atoms with Gasteiger partial charge in [0.2, 0.25) is 0 Å². The van der Waals surface area contributed by atoms with E-state index in [2.05, 4.69) is 46.7 Å². The van der Waals surface area contributed by atoms with Gasteiger partial charge in [0.1, 0.15) is 11.4 Å². The van der Waals surface area contributed by atoms with Crippen LogP contribution in [0.2, 0.25) is 0 Å². The quantitative estimate of drug-likeness (QED) is 0.239. The van der Waals surface area contributed by atoms with Gasteiger partial charge < -0.3 is 14.8 Å². The van der Waals surface area contributed by atoms with E-state index in [0.717, 1.165) is 26.4 Å². The zero-order valence-electron chi connectivity index (χ0n) is 11.7. The Kier molecular flexibility index (Phi) is 6.63. The van der Waals surface area contributed by atoms with Gasteiger partial charge in [0.15, 0.2) is 5.82 Å². The van der Waals surface area contributed by atoms with Gasteiger partial charge >= 0.3 is 11.9 Å². The van der Waals surface area contributed by atoms with Crippen molar-refractivity contribution < 1.29 is 28.4 Å². The summed E-state index contributed by atoms with van der Waals surface area (Å²) in [5.74, 6) is -2.74. The summed E-state index contributed by atoms with van der Waals surface area (Å²) >= 11 is 5.71. The van der Waals surface area contributed by atoms with Gasteiger partial charge in [-0.05, 0) is 31.9 Å². The molecule has 11 heteroatoms. The van der Waals surface area contributed by atoms with Crippen molar-refractivity contribution in [2.45, 2.75) is 0 Å². The van der Waals surface area contributed by atoms with Crippen molar-refractivity contribution in [3.05, 3.63) is 42.7 Å². The Hall–Kier alpha value is -2.01. The van der Waals surface area contributed by atoms with Crippen LogP contribution in [-0.4, -0.2) is 31.1 Å². The normalized spacial score (nSPS) is 10.9. The summed E-state index contributed by atoms with van der Waals surface area (Å²) in [5.41, 5.74) is -1.37. The molecule has 1 aromatic rings. The molecule has 1 rings (SSSR count). The summed E-state index contributed by atoms with van der Waals surface area (Å²) in [6.07, 6.45) is 0.724. The molecule has 0 aromatic heterocycles. The lowest BCUT2D eigenvalue weighted by Crippen LogP contribution is -2.16. The predicted molar refractivity (Wildman–Crippen MR) is 84.2 cm³/mol. The van der Waals surface area contributed by atoms with Crippen LogP contribution < -0.4 is 5.32 Å². The number of esters is 2. The number of rotatable bonds is 5. The highest BCUT2D eigenvalue weighted by Gasteiger charge is 2.25. The molecule has 8 nitrogen and oxygen atoms in total. The number of ether oxygens (including phenoxy) is 2. The van der Waals surface area contributed by atoms with Gasteiger partial charge in [0.05, 0.1) is 34.2 Å². The molecule has 0 atom stereocenters. The lowest BCUT2D eigenvalue weighted by atomic mass is 10.2. The number of nitrogens with one attached hydrogen (secondary N) is 1. The molecule has 1 N–H and O–H groups in total. The Morgan fingerprint density at radius 2 is 1.96 bits per heavy atom. The minimum atomic E-state index is -1.00. The molecule has 0 fully saturated rings. The zero-order chi connectivity index (χ0) is 17.7. The fraction of sp³-hybridized carbons (Fsp3) is 0.167. The SMILES string of the molecule is COC(=O)/C=C(/Nc1c([N+](=O)[O-])cc(Br)c(F)c1Br)C(=O)OC. The second-order valence-electron chi connectivity index (χ2n) is 3.84. The van der Waals surface area contributed by atoms with Crippen molar-refractivity contribution in [3.8, 4) is 0 Å². The largest absolute Gasteiger partial charge is 0.466 e. The molecule has 1 aromatic carbocycles. The van der Waals surface area contributed by atoms with Crippen LogP contribution in [0, 0.1) is 15.9 Å². The summed E-state index contributed by atoms with van der Waals surface area (Å²) in [7, 11) is 2.12. The van der Waals surface area contributed by atoms with Crippen LogP contribution >= 0.6 is 31.9 Å². The molecule has 124 valence electrons. The molecule has 0 bridgehead atoms. The lowest BCUT2D eigenvalue weighted by Gasteiger charge is -2.12. The highest BCUT2D eigenvalue weighted by Crippen LogP contribution is 2.39. The number of benzene rings is 1. The summed E-state index contributed by atoms with van der Waals surface area (Å²) < 4.78 is 22.3. The van der Waals surface area contributed by atoms with Gasteiger partial charge in [-0.1, -0.05) is 0 Å². The van der Waals surface area contributed by atoms with Crippen molar-refractivity contribution in [2.75, 3.05) is 19.5 Å². The lowest BCUT2D eigenvalue weighted by molar-refractivity contribution is -0.384. The Bertz CT molecular complexity index is 707. The number of methoxy groups -OCH3 is 2. The van der Waals surface area contributed by atoms with E-state index in [9.17, 15) is 24.1 Å². The molecule has 0 spiro atoms. The Balaban J connectivity index is 3.47. The van der Waals surface area contributed by atoms with Gasteiger partial charge in [-0.2, -0.15) is 0 Å². The molecule has 0 amide bonds. The molecule has 0 radical (unpaired) electrons. The third-order valence-corrected chi connectivity index (χ3v) is 3.79. The van der Waals surface area contributed by atoms with E-state index in [1.165, 1.54) is 0 Å². The Morgan fingerprint density at radius 3 is 2.43 bits per heavy atom. The highest BCUT2D eigenvalue weighted by molar-refractivity contribution is 9.11. The first-order valence-corrected chi connectivity index (χ1v) is 7.28. The van der Waals surface area contributed by atoms with Crippen LogP contribution in [0.5, 0.6) is 0 Å². The second kappa shape index (κ2) is 8.02. The van der Waals surface area contributed by atoms with Gasteiger partial charge in [0, 0.05) is 6.07 Å². The predicted octanol–water partition coefficient (Wildman–Crippen LogP) is 2.90. The molecule has 0 saturated carbocycles. The average Bonchev–Trinajstić information content (AvgIpc) is 2.52. The minimum Gasteiger partial charge on any atom is -0.466 e. The van der Waals surface area contributed by atoms with Gasteiger partial charge in [-0.15, -0.1) is 0 Å². The van der Waals surface area contributed by atoms with Crippen LogP contribution in [0.25, 0.3) is 0 Å². The van der Waals surface area contributed by atoms with Crippen molar-refractivity contribution in [2.24, 2.45) is 0 Å². The maximum Gasteiger partial charge on any atom is 0.354 e. The number of carbonyl (C=O) groups is 2. The van der Waals surface area contributed by atoms with Gasteiger partial charge in [-0.25, -0.2) is 14.0 Å². The van der Waals surface area contributed by atoms with E-state index in [4.69, 9.17) is 0 Å². The number of anilines is 1. The molecular formula is C12H9Br2FN2O6. The Morgan fingerprint density at radius 1 is 1.35 bits per heavy atom. The Labute approximate surface area is 146 Å². The topological polar surface area (TPSA) is 108 Å². The van der Waals surface area contributed by atoms with E-state index in [1.54, 1.807) is 0 Å². The molecule has 23 heavy (non-hydrogen) atoms. The average molecular weight is 456 g/mol. The maximum absolute atomic E-state index is 13.9. The van der Waals surface area contributed by atoms with Crippen molar-refractivity contribution >= 4 is 55.2 Å². The number of hydrogen-bond acceptors (Lipinski definition) is 7. The standard InChI is InChI=1S/C12H9Br2FN2O6/c1-22-8(18)4-6(12(19)23-2)16-11-7(17(20)21)3-5(13)10(15)9(11)14/h3-4,16H,1-2H3/b6-4+. The smallest absolute Gasteiger partial charge is 0.354 e. The molecule has 0 aliphatic rings. The van der Waals surface area contributed by atoms with E-state index >= 15 is 0 Å². The number of nitrogens with zero attached hydrogens (tertiary/aromatic N) is 1. The summed E-state index contributed by atoms with van der Waals surface area (Å²) in [6, 6.07) is 0.912. The van der Waals surface area contributed by atoms with E-state index in [0.29, 0.717) is 0 Å². The zero-order valence-corrected chi connectivity index (χ0v) is 14.9. The molecule has 0 aliphatic heterocycles. The van der Waals surface area contributed by atoms with E-state index in [1.807, 2.05) is 0 Å². The molecular weight excluding hydrogens is 447 g/mol. The van der Waals surface area contributed by atoms with E-state index < -0.39 is 34.1 Å². The van der Waals surface area contributed by atoms with Crippen LogP contribution in [0.1, 0.15) is 0 Å². The van der Waals surface area contributed by atoms with Crippen molar-refractivity contribution in [1.29, 1.82) is 0 Å². The first-order chi connectivity index (χ1) is 10.7. The number of carbonyl (C=O) groups excluding carboxylic acids is 2. The monoisotopic (exact) mass is 454 g/mol. The summed E-state index contributed by atoms with van der Waals surface area (Å²) in [4.78, 5) is 33.3. The fourth-order valence-electron chi connectivity index (χ4n) is 1.41. The molecule has 0 aliphatic carbocycles. The van der Waals surface area contributed by atoms with Crippen LogP contribution in [0.4, 0.5) is 15.8 Å². The molecule has 0 heterocycles. The molecule has 0 saturated heterocycles. The number of nitro benzene ring substituents is 1. The summed E-state index contributed by atoms with van der Waals surface area (Å²) in [5, 5.41) is 13.4. The van der Waals surface area contributed by atoms with Crippen LogP contribution in [0.3, 0.4) is 0 Å². The first-order valence-electron chi connectivity index (χ1n) is 5.69. The maximum atomic E-state index is 13.9. The van der Waals surface area contributed by atoms with Crippen LogP contribution in [0.15, 0.2) is 26.8 Å². The number of hydrogen-bond donors (Lipinski definition) is 1. The first kappa shape index (κ1) is 19.0. The fourth-order valence-corrected chi connectivity index (χ4v) is 2.61. The summed E-state index contributed by atoms with van der Waals surface area (Å²) in [6.45, 7) is 0. The number of nitro groups is 1. The molecule has 0 unspecified atom stereocenters. The second-order valence-corrected chi connectivity index (χ2v) is 5.48. The van der Waals surface area contributed by atoms with Crippen molar-refractivity contribution in [1.82, 2.24) is 0 Å². The van der Waals surface area contributed by atoms with Crippen molar-refractivity contribution in [3.63, 3.8) is 0 Å². The van der Waals surface area contributed by atoms with Gasteiger partial charge in [-0.3, -0.25) is 10.1 Å². The van der Waals surface area contributed by atoms with E-state index in [-0.39, 0.29) is 14.6 Å². The number of halogens is 3.